The highest BCUT2D eigenvalue weighted by molar-refractivity contribution is 7.89. The van der Waals surface area contributed by atoms with E-state index in [-0.39, 0.29) is 22.3 Å². The third-order valence-corrected chi connectivity index (χ3v) is 6.14. The molecule has 1 N–H and O–H groups in total. The van der Waals surface area contributed by atoms with E-state index < -0.39 is 15.6 Å². The van der Waals surface area contributed by atoms with Crippen molar-refractivity contribution in [1.82, 2.24) is 14.4 Å². The third-order valence-electron chi connectivity index (χ3n) is 4.74. The van der Waals surface area contributed by atoms with Crippen LogP contribution in [0.15, 0.2) is 70.5 Å². The maximum absolute atomic E-state index is 13.1. The SMILES string of the molecule is COn1cc(S(=O)(=O)NCc2ccccc2)c2nc3c(C)cccc3cc2c1=O. The first-order valence-electron chi connectivity index (χ1n) is 8.94. The van der Waals surface area contributed by atoms with Gasteiger partial charge in [0.1, 0.15) is 12.0 Å². The molecule has 0 aliphatic heterocycles. The summed E-state index contributed by atoms with van der Waals surface area (Å²) in [6.45, 7) is 2.00. The van der Waals surface area contributed by atoms with Crippen LogP contribution in [0.2, 0.25) is 0 Å². The Balaban J connectivity index is 1.93. The van der Waals surface area contributed by atoms with Gasteiger partial charge in [0.2, 0.25) is 10.0 Å². The predicted molar refractivity (Wildman–Crippen MR) is 111 cm³/mol. The van der Waals surface area contributed by atoms with E-state index >= 15 is 0 Å². The van der Waals surface area contributed by atoms with Crippen LogP contribution >= 0.6 is 0 Å². The highest BCUT2D eigenvalue weighted by atomic mass is 32.2. The second kappa shape index (κ2) is 7.31. The molecular formula is C21H19N3O4S. The van der Waals surface area contributed by atoms with E-state index in [1.54, 1.807) is 6.07 Å². The Kier molecular flexibility index (Phi) is 4.81. The van der Waals surface area contributed by atoms with Crippen LogP contribution in [0.25, 0.3) is 21.8 Å². The Morgan fingerprint density at radius 3 is 2.55 bits per heavy atom. The normalized spacial score (nSPS) is 11.8. The second-order valence-electron chi connectivity index (χ2n) is 6.65. The standard InChI is InChI=1S/C21H19N3O4S/c1-14-7-6-10-16-11-17-20(23-19(14)16)18(13-24(28-2)21(17)25)29(26,27)22-12-15-8-4-3-5-9-15/h3-11,13,22H,12H2,1-2H3. The summed E-state index contributed by atoms with van der Waals surface area (Å²) in [4.78, 5) is 22.2. The van der Waals surface area contributed by atoms with Gasteiger partial charge in [-0.2, -0.15) is 4.73 Å². The molecule has 0 atom stereocenters. The first-order chi connectivity index (χ1) is 13.9. The Morgan fingerprint density at radius 1 is 1.07 bits per heavy atom. The molecule has 4 aromatic rings. The number of hydrogen-bond acceptors (Lipinski definition) is 5. The van der Waals surface area contributed by atoms with Gasteiger partial charge in [0, 0.05) is 11.9 Å². The molecule has 0 bridgehead atoms. The van der Waals surface area contributed by atoms with Crippen LogP contribution in [0.1, 0.15) is 11.1 Å². The monoisotopic (exact) mass is 409 g/mol. The van der Waals surface area contributed by atoms with Crippen molar-refractivity contribution >= 4 is 31.8 Å². The van der Waals surface area contributed by atoms with Crippen LogP contribution in [-0.4, -0.2) is 25.2 Å². The summed E-state index contributed by atoms with van der Waals surface area (Å²) in [5.41, 5.74) is 2.00. The van der Waals surface area contributed by atoms with Gasteiger partial charge in [-0.25, -0.2) is 18.1 Å². The number of nitrogens with one attached hydrogen (secondary N) is 1. The van der Waals surface area contributed by atoms with Crippen LogP contribution in [0.4, 0.5) is 0 Å². The van der Waals surface area contributed by atoms with Crippen molar-refractivity contribution in [2.24, 2.45) is 0 Å². The first-order valence-corrected chi connectivity index (χ1v) is 10.4. The average Bonchev–Trinajstić information content (AvgIpc) is 2.73. The molecule has 0 saturated heterocycles. The summed E-state index contributed by atoms with van der Waals surface area (Å²) >= 11 is 0. The summed E-state index contributed by atoms with van der Waals surface area (Å²) in [5, 5.41) is 0.927. The van der Waals surface area contributed by atoms with Crippen LogP contribution < -0.4 is 15.1 Å². The number of aromatic nitrogens is 2. The van der Waals surface area contributed by atoms with Crippen molar-refractivity contribution in [2.45, 2.75) is 18.4 Å². The van der Waals surface area contributed by atoms with Crippen molar-refractivity contribution < 1.29 is 13.3 Å². The Morgan fingerprint density at radius 2 is 1.83 bits per heavy atom. The molecule has 0 amide bonds. The number of nitrogens with zero attached hydrogens (tertiary/aromatic N) is 2. The quantitative estimate of drug-likeness (QED) is 0.511. The Labute approximate surface area is 167 Å². The smallest absolute Gasteiger partial charge is 0.292 e. The van der Waals surface area contributed by atoms with Gasteiger partial charge in [-0.3, -0.25) is 4.79 Å². The van der Waals surface area contributed by atoms with Crippen molar-refractivity contribution in [3.63, 3.8) is 0 Å². The van der Waals surface area contributed by atoms with Crippen LogP contribution in [0, 0.1) is 6.92 Å². The molecule has 0 saturated carbocycles. The van der Waals surface area contributed by atoms with Crippen LogP contribution in [0.5, 0.6) is 0 Å². The average molecular weight is 409 g/mol. The van der Waals surface area contributed by atoms with Gasteiger partial charge in [0.15, 0.2) is 0 Å². The van der Waals surface area contributed by atoms with Gasteiger partial charge in [0.05, 0.1) is 22.6 Å². The number of sulfonamides is 1. The molecule has 2 heterocycles. The fourth-order valence-electron chi connectivity index (χ4n) is 3.23. The van der Waals surface area contributed by atoms with E-state index in [9.17, 15) is 13.2 Å². The van der Waals surface area contributed by atoms with Gasteiger partial charge in [-0.05, 0) is 24.1 Å². The topological polar surface area (TPSA) is 90.3 Å². The van der Waals surface area contributed by atoms with Crippen LogP contribution in [0.3, 0.4) is 0 Å². The highest BCUT2D eigenvalue weighted by Gasteiger charge is 2.23. The minimum absolute atomic E-state index is 0.114. The van der Waals surface area contributed by atoms with Crippen molar-refractivity contribution in [3.8, 4) is 0 Å². The fraction of sp³-hybridized carbons (Fsp3) is 0.143. The number of para-hydroxylation sites is 1. The predicted octanol–water partition coefficient (Wildman–Crippen LogP) is 2.40. The molecule has 0 radical (unpaired) electrons. The highest BCUT2D eigenvalue weighted by Crippen LogP contribution is 2.24. The Hall–Kier alpha value is -3.23. The Bertz CT molecular complexity index is 1380. The number of benzene rings is 2. The summed E-state index contributed by atoms with van der Waals surface area (Å²) in [6, 6.07) is 16.4. The van der Waals surface area contributed by atoms with Crippen molar-refractivity contribution in [2.75, 3.05) is 7.11 Å². The van der Waals surface area contributed by atoms with Gasteiger partial charge in [-0.15, -0.1) is 0 Å². The van der Waals surface area contributed by atoms with Gasteiger partial charge >= 0.3 is 0 Å². The molecule has 0 aliphatic rings. The lowest BCUT2D eigenvalue weighted by atomic mass is 10.1. The zero-order valence-electron chi connectivity index (χ0n) is 15.9. The van der Waals surface area contributed by atoms with Gasteiger partial charge in [0.25, 0.3) is 5.56 Å². The van der Waals surface area contributed by atoms with E-state index in [4.69, 9.17) is 4.84 Å². The van der Waals surface area contributed by atoms with Gasteiger partial charge < -0.3 is 4.84 Å². The molecule has 0 unspecified atom stereocenters. The molecule has 0 spiro atoms. The number of rotatable bonds is 5. The van der Waals surface area contributed by atoms with Crippen LogP contribution in [-0.2, 0) is 16.6 Å². The first kappa shape index (κ1) is 19.1. The summed E-state index contributed by atoms with van der Waals surface area (Å²) < 4.78 is 29.7. The zero-order valence-corrected chi connectivity index (χ0v) is 16.7. The van der Waals surface area contributed by atoms with E-state index in [1.807, 2.05) is 55.5 Å². The minimum atomic E-state index is -3.97. The van der Waals surface area contributed by atoms with E-state index in [0.717, 1.165) is 27.4 Å². The molecule has 8 heteroatoms. The molecule has 148 valence electrons. The molecule has 0 aliphatic carbocycles. The third kappa shape index (κ3) is 3.48. The number of fused-ring (bicyclic) bond motifs is 2. The maximum atomic E-state index is 13.1. The fourth-order valence-corrected chi connectivity index (χ4v) is 4.38. The molecule has 0 fully saturated rings. The summed E-state index contributed by atoms with van der Waals surface area (Å²) in [5.74, 6) is 0. The summed E-state index contributed by atoms with van der Waals surface area (Å²) in [7, 11) is -2.66. The van der Waals surface area contributed by atoms with E-state index in [2.05, 4.69) is 9.71 Å². The molecular weight excluding hydrogens is 390 g/mol. The van der Waals surface area contributed by atoms with Crippen molar-refractivity contribution in [1.29, 1.82) is 0 Å². The second-order valence-corrected chi connectivity index (χ2v) is 8.38. The maximum Gasteiger partial charge on any atom is 0.292 e. The lowest BCUT2D eigenvalue weighted by Crippen LogP contribution is -2.29. The number of aryl methyl sites for hydroxylation is 1. The summed E-state index contributed by atoms with van der Waals surface area (Å²) in [6.07, 6.45) is 1.16. The zero-order chi connectivity index (χ0) is 20.6. The van der Waals surface area contributed by atoms with E-state index in [1.165, 1.54) is 7.11 Å². The molecule has 4 rings (SSSR count). The molecule has 7 nitrogen and oxygen atoms in total. The lowest BCUT2D eigenvalue weighted by Gasteiger charge is -2.13. The largest absolute Gasteiger partial charge is 0.414 e. The van der Waals surface area contributed by atoms with Crippen molar-refractivity contribution in [3.05, 3.63) is 82.3 Å². The van der Waals surface area contributed by atoms with E-state index in [0.29, 0.717) is 5.52 Å². The minimum Gasteiger partial charge on any atom is -0.414 e. The molecule has 29 heavy (non-hydrogen) atoms. The molecule has 2 aromatic carbocycles. The molecule has 2 aromatic heterocycles. The van der Waals surface area contributed by atoms with Gasteiger partial charge in [-0.1, -0.05) is 48.5 Å². The number of hydrogen-bond donors (Lipinski definition) is 1. The lowest BCUT2D eigenvalue weighted by molar-refractivity contribution is 0.156. The number of pyridine rings is 2.